The predicted molar refractivity (Wildman–Crippen MR) is 113 cm³/mol. The van der Waals surface area contributed by atoms with Crippen LogP contribution in [0.2, 0.25) is 0 Å². The van der Waals surface area contributed by atoms with Gasteiger partial charge >= 0.3 is 5.97 Å². The van der Waals surface area contributed by atoms with Crippen LogP contribution >= 0.6 is 11.3 Å². The van der Waals surface area contributed by atoms with Crippen molar-refractivity contribution in [3.8, 4) is 16.2 Å². The molecule has 1 saturated carbocycles. The van der Waals surface area contributed by atoms with Crippen molar-refractivity contribution in [2.24, 2.45) is 0 Å². The van der Waals surface area contributed by atoms with E-state index in [1.165, 1.54) is 16.6 Å². The second kappa shape index (κ2) is 6.71. The molecule has 0 saturated heterocycles. The molecule has 1 aromatic carbocycles. The van der Waals surface area contributed by atoms with Crippen LogP contribution in [0.1, 0.15) is 52.6 Å². The van der Waals surface area contributed by atoms with E-state index >= 15 is 0 Å². The Morgan fingerprint density at radius 3 is 2.79 bits per heavy atom. The SMILES string of the molecule is COc1c(-c2cc3c(s2)C(C)NCC3)ccc2c(=O)c(C(=O)O)cn(C3CC3)c12. The first-order chi connectivity index (χ1) is 14.0. The molecule has 0 spiro atoms. The summed E-state index contributed by atoms with van der Waals surface area (Å²) in [6, 6.07) is 6.40. The van der Waals surface area contributed by atoms with Gasteiger partial charge in [0.05, 0.1) is 18.0 Å². The number of rotatable bonds is 4. The van der Waals surface area contributed by atoms with Gasteiger partial charge in [0.15, 0.2) is 5.75 Å². The van der Waals surface area contributed by atoms with Gasteiger partial charge < -0.3 is 19.7 Å². The molecule has 1 aliphatic carbocycles. The number of aromatic carboxylic acids is 1. The van der Waals surface area contributed by atoms with Gasteiger partial charge in [-0.15, -0.1) is 11.3 Å². The lowest BCUT2D eigenvalue weighted by atomic mass is 10.0. The lowest BCUT2D eigenvalue weighted by Crippen LogP contribution is -2.26. The minimum atomic E-state index is -1.19. The Bertz CT molecular complexity index is 1210. The number of methoxy groups -OCH3 is 1. The van der Waals surface area contributed by atoms with E-state index in [1.807, 2.05) is 10.6 Å². The summed E-state index contributed by atoms with van der Waals surface area (Å²) in [5.41, 5.74) is 2.35. The van der Waals surface area contributed by atoms with Crippen molar-refractivity contribution in [2.45, 2.75) is 38.3 Å². The highest BCUT2D eigenvalue weighted by Gasteiger charge is 2.29. The minimum absolute atomic E-state index is 0.189. The third kappa shape index (κ3) is 2.88. The van der Waals surface area contributed by atoms with Gasteiger partial charge in [-0.25, -0.2) is 4.79 Å². The van der Waals surface area contributed by atoms with Gasteiger partial charge in [-0.1, -0.05) is 0 Å². The average molecular weight is 410 g/mol. The molecule has 7 heteroatoms. The largest absolute Gasteiger partial charge is 0.494 e. The molecule has 6 nitrogen and oxygen atoms in total. The summed E-state index contributed by atoms with van der Waals surface area (Å²) < 4.78 is 7.76. The number of thiophene rings is 1. The van der Waals surface area contributed by atoms with Gasteiger partial charge in [0, 0.05) is 33.6 Å². The summed E-state index contributed by atoms with van der Waals surface area (Å²) in [6.45, 7) is 3.15. The molecular formula is C22H22N2O4S. The molecule has 0 radical (unpaired) electrons. The Labute approximate surface area is 171 Å². The van der Waals surface area contributed by atoms with Gasteiger partial charge in [0.25, 0.3) is 0 Å². The van der Waals surface area contributed by atoms with Crippen molar-refractivity contribution < 1.29 is 14.6 Å². The Balaban J connectivity index is 1.79. The Kier molecular flexibility index (Phi) is 4.26. The summed E-state index contributed by atoms with van der Waals surface area (Å²) >= 11 is 1.75. The topological polar surface area (TPSA) is 80.6 Å². The summed E-state index contributed by atoms with van der Waals surface area (Å²) in [7, 11) is 1.61. The zero-order valence-electron chi connectivity index (χ0n) is 16.3. The second-order valence-corrected chi connectivity index (χ2v) is 8.87. The second-order valence-electron chi connectivity index (χ2n) is 7.78. The number of benzene rings is 1. The molecule has 2 aliphatic rings. The third-order valence-corrected chi connectivity index (χ3v) is 7.26. The molecule has 150 valence electrons. The number of carboxylic acids is 1. The lowest BCUT2D eigenvalue weighted by molar-refractivity contribution is 0.0695. The van der Waals surface area contributed by atoms with Crippen LogP contribution in [-0.4, -0.2) is 29.3 Å². The molecule has 1 unspecified atom stereocenters. The summed E-state index contributed by atoms with van der Waals surface area (Å²) in [5, 5.41) is 13.4. The fraction of sp³-hybridized carbons (Fsp3) is 0.364. The zero-order chi connectivity index (χ0) is 20.3. The zero-order valence-corrected chi connectivity index (χ0v) is 17.1. The van der Waals surface area contributed by atoms with Gasteiger partial charge in [0.2, 0.25) is 5.43 Å². The Hall–Kier alpha value is -2.64. The standard InChI is InChI=1S/C22H22N2O4S/c1-11-21-12(7-8-23-11)9-17(29-21)14-5-6-15-18(20(14)28-2)24(13-3-4-13)10-16(19(15)25)22(26)27/h5-6,9-11,13,23H,3-4,7-8H2,1-2H3,(H,26,27). The molecule has 29 heavy (non-hydrogen) atoms. The first-order valence-corrected chi connectivity index (χ1v) is 10.7. The molecule has 1 atom stereocenters. The van der Waals surface area contributed by atoms with Gasteiger partial charge in [0.1, 0.15) is 5.56 Å². The molecule has 5 rings (SSSR count). The van der Waals surface area contributed by atoms with Crippen molar-refractivity contribution >= 4 is 28.2 Å². The van der Waals surface area contributed by atoms with Crippen LogP contribution in [0.25, 0.3) is 21.3 Å². The normalized spacial score (nSPS) is 18.6. The summed E-state index contributed by atoms with van der Waals surface area (Å²) in [6.07, 6.45) is 4.44. The Morgan fingerprint density at radius 2 is 2.14 bits per heavy atom. The van der Waals surface area contributed by atoms with Crippen molar-refractivity contribution in [3.05, 3.63) is 50.6 Å². The highest BCUT2D eigenvalue weighted by molar-refractivity contribution is 7.15. The van der Waals surface area contributed by atoms with Crippen LogP contribution < -0.4 is 15.5 Å². The molecule has 0 bridgehead atoms. The molecule has 2 N–H and O–H groups in total. The summed E-state index contributed by atoms with van der Waals surface area (Å²) in [5.74, 6) is -0.551. The van der Waals surface area contributed by atoms with Gasteiger partial charge in [-0.05, 0) is 56.5 Å². The number of ether oxygens (including phenoxy) is 1. The molecule has 3 heterocycles. The molecule has 1 aliphatic heterocycles. The fourth-order valence-electron chi connectivity index (χ4n) is 4.27. The number of nitrogens with zero attached hydrogens (tertiary/aromatic N) is 1. The van der Waals surface area contributed by atoms with E-state index in [1.54, 1.807) is 24.5 Å². The van der Waals surface area contributed by atoms with Gasteiger partial charge in [-0.3, -0.25) is 4.79 Å². The van der Waals surface area contributed by atoms with Crippen molar-refractivity contribution in [3.63, 3.8) is 0 Å². The van der Waals surface area contributed by atoms with E-state index in [0.29, 0.717) is 22.7 Å². The van der Waals surface area contributed by atoms with Crippen LogP contribution in [0, 0.1) is 0 Å². The maximum absolute atomic E-state index is 12.8. The van der Waals surface area contributed by atoms with E-state index in [4.69, 9.17) is 4.74 Å². The quantitative estimate of drug-likeness (QED) is 0.680. The highest BCUT2D eigenvalue weighted by Crippen LogP contribution is 2.45. The maximum atomic E-state index is 12.8. The number of pyridine rings is 1. The molecular weight excluding hydrogens is 388 g/mol. The third-order valence-electron chi connectivity index (χ3n) is 5.87. The predicted octanol–water partition coefficient (Wildman–Crippen LogP) is 3.98. The monoisotopic (exact) mass is 410 g/mol. The lowest BCUT2D eigenvalue weighted by Gasteiger charge is -2.19. The van der Waals surface area contributed by atoms with E-state index in [-0.39, 0.29) is 11.6 Å². The minimum Gasteiger partial charge on any atom is -0.494 e. The number of carbonyl (C=O) groups is 1. The van der Waals surface area contributed by atoms with E-state index in [9.17, 15) is 14.7 Å². The van der Waals surface area contributed by atoms with Crippen molar-refractivity contribution in [1.82, 2.24) is 9.88 Å². The highest BCUT2D eigenvalue weighted by atomic mass is 32.1. The van der Waals surface area contributed by atoms with E-state index in [0.717, 1.165) is 36.2 Å². The first kappa shape index (κ1) is 18.4. The Morgan fingerprint density at radius 1 is 1.34 bits per heavy atom. The number of nitrogens with one attached hydrogen (secondary N) is 1. The van der Waals surface area contributed by atoms with Crippen LogP contribution in [0.4, 0.5) is 0 Å². The van der Waals surface area contributed by atoms with Crippen LogP contribution in [0.3, 0.4) is 0 Å². The average Bonchev–Trinajstić information content (AvgIpc) is 3.45. The molecule has 2 aromatic heterocycles. The number of hydrogen-bond donors (Lipinski definition) is 2. The number of hydrogen-bond acceptors (Lipinski definition) is 5. The van der Waals surface area contributed by atoms with Crippen LogP contribution in [-0.2, 0) is 6.42 Å². The van der Waals surface area contributed by atoms with E-state index < -0.39 is 11.4 Å². The first-order valence-electron chi connectivity index (χ1n) is 9.85. The number of carboxylic acid groups (broad SMARTS) is 1. The van der Waals surface area contributed by atoms with Crippen molar-refractivity contribution in [2.75, 3.05) is 13.7 Å². The van der Waals surface area contributed by atoms with Gasteiger partial charge in [-0.2, -0.15) is 0 Å². The van der Waals surface area contributed by atoms with E-state index in [2.05, 4.69) is 18.3 Å². The number of fused-ring (bicyclic) bond motifs is 2. The summed E-state index contributed by atoms with van der Waals surface area (Å²) in [4.78, 5) is 26.9. The van der Waals surface area contributed by atoms with Crippen LogP contribution in [0.15, 0.2) is 29.2 Å². The number of aromatic nitrogens is 1. The van der Waals surface area contributed by atoms with Crippen molar-refractivity contribution in [1.29, 1.82) is 0 Å². The molecule has 0 amide bonds. The maximum Gasteiger partial charge on any atom is 0.341 e. The molecule has 1 fully saturated rings. The smallest absolute Gasteiger partial charge is 0.341 e. The van der Waals surface area contributed by atoms with Crippen LogP contribution in [0.5, 0.6) is 5.75 Å². The molecule has 3 aromatic rings. The fourth-order valence-corrected chi connectivity index (χ4v) is 5.53.